The Balaban J connectivity index is 5.26. The summed E-state index contributed by atoms with van der Waals surface area (Å²) in [6, 6.07) is -0.219. The van der Waals surface area contributed by atoms with Gasteiger partial charge < -0.3 is 14.4 Å². The molecule has 0 aromatic rings. The average Bonchev–Trinajstić information content (AvgIpc) is 3.10. The minimum absolute atomic E-state index is 0.0876. The third kappa shape index (κ3) is 25.3. The molecule has 0 N–H and O–H groups in total. The van der Waals surface area contributed by atoms with Crippen molar-refractivity contribution in [2.24, 2.45) is 11.8 Å². The summed E-state index contributed by atoms with van der Waals surface area (Å²) in [5, 5.41) is 0. The predicted molar refractivity (Wildman–Crippen MR) is 207 cm³/mol. The molecule has 7 nitrogen and oxygen atoms in total. The molecule has 0 aromatic carbocycles. The summed E-state index contributed by atoms with van der Waals surface area (Å²) in [5.74, 6) is -0.571. The fourth-order valence-electron chi connectivity index (χ4n) is 6.37. The Hall–Kier alpha value is -1.34. The summed E-state index contributed by atoms with van der Waals surface area (Å²) in [5.41, 5.74) is 0. The highest BCUT2D eigenvalue weighted by atomic mass is 35.5. The molecule has 0 spiro atoms. The van der Waals surface area contributed by atoms with Gasteiger partial charge in [-0.05, 0) is 39.7 Å². The maximum Gasteiger partial charge on any atom is 0.308 e. The summed E-state index contributed by atoms with van der Waals surface area (Å²) in [6.45, 7) is 11.5. The van der Waals surface area contributed by atoms with E-state index in [1.807, 2.05) is 14.0 Å². The van der Waals surface area contributed by atoms with E-state index in [-0.39, 0.29) is 62.0 Å². The van der Waals surface area contributed by atoms with Crippen molar-refractivity contribution in [2.45, 2.75) is 195 Å². The molecule has 0 radical (unpaired) electrons. The van der Waals surface area contributed by atoms with Gasteiger partial charge in [0.15, 0.2) is 0 Å². The van der Waals surface area contributed by atoms with E-state index in [1.54, 1.807) is 9.80 Å². The number of likely N-dealkylation sites (N-methyl/N-ethyl adjacent to an activating group) is 1. The third-order valence-corrected chi connectivity index (χ3v) is 10.4. The molecule has 0 saturated carbocycles. The number of alkyl halides is 1. The first-order valence-corrected chi connectivity index (χ1v) is 21.2. The first-order chi connectivity index (χ1) is 23.8. The van der Waals surface area contributed by atoms with Crippen LogP contribution in [0.2, 0.25) is 0 Å². The number of rotatable bonds is 35. The number of ether oxygens (including phenoxy) is 2. The van der Waals surface area contributed by atoms with Crippen LogP contribution in [-0.4, -0.2) is 73.0 Å². The number of unbranched alkanes of at least 4 members (excludes halogenated alkanes) is 16. The van der Waals surface area contributed by atoms with Crippen LogP contribution in [0.15, 0.2) is 0 Å². The van der Waals surface area contributed by atoms with Gasteiger partial charge in [0.25, 0.3) is 0 Å². The molecule has 0 aliphatic rings. The summed E-state index contributed by atoms with van der Waals surface area (Å²) < 4.78 is 11.7. The molecule has 1 amide bonds. The third-order valence-electron chi connectivity index (χ3n) is 10.0. The van der Waals surface area contributed by atoms with Crippen LogP contribution in [0.1, 0.15) is 189 Å². The molecule has 0 heterocycles. The molecule has 3 atom stereocenters. The van der Waals surface area contributed by atoms with Gasteiger partial charge in [0, 0.05) is 0 Å². The van der Waals surface area contributed by atoms with E-state index in [4.69, 9.17) is 21.1 Å². The maximum atomic E-state index is 13.5. The lowest BCUT2D eigenvalue weighted by Gasteiger charge is -2.29. The minimum atomic E-state index is -0.443. The lowest BCUT2D eigenvalue weighted by atomic mass is 9.94. The van der Waals surface area contributed by atoms with Gasteiger partial charge in [-0.1, -0.05) is 156 Å². The Labute approximate surface area is 308 Å². The average molecular weight is 716 g/mol. The van der Waals surface area contributed by atoms with Crippen molar-refractivity contribution in [2.75, 3.05) is 39.4 Å². The molecule has 49 heavy (non-hydrogen) atoms. The summed E-state index contributed by atoms with van der Waals surface area (Å²) in [6.07, 6.45) is 26.9. The zero-order valence-corrected chi connectivity index (χ0v) is 33.8. The number of nitrogens with zero attached hydrogens (tertiary/aromatic N) is 2. The number of hydrogen-bond acceptors (Lipinski definition) is 6. The van der Waals surface area contributed by atoms with Crippen LogP contribution in [0.25, 0.3) is 0 Å². The standard InChI is InChI=1S/C41H79ClN2O5/c1-7-11-15-19-21-25-29-37(27-23-17-13-9-3)40(46)48-33-31-44(39(45)36(5)43(6)35-42)32-34-49-41(47)38(28-24-18-14-10-4)30-26-22-20-16-12-8-2/h36-38H,7-35H2,1-6H3. The van der Waals surface area contributed by atoms with Crippen molar-refractivity contribution in [3.05, 3.63) is 0 Å². The monoisotopic (exact) mass is 715 g/mol. The van der Waals surface area contributed by atoms with Gasteiger partial charge in [0.05, 0.1) is 37.0 Å². The van der Waals surface area contributed by atoms with Gasteiger partial charge in [-0.3, -0.25) is 19.3 Å². The lowest BCUT2D eigenvalue weighted by Crippen LogP contribution is -2.47. The molecule has 0 fully saturated rings. The van der Waals surface area contributed by atoms with E-state index in [0.29, 0.717) is 0 Å². The summed E-state index contributed by atoms with van der Waals surface area (Å²) >= 11 is 6.05. The van der Waals surface area contributed by atoms with Crippen molar-refractivity contribution in [1.29, 1.82) is 0 Å². The zero-order valence-electron chi connectivity index (χ0n) is 33.1. The topological polar surface area (TPSA) is 76.1 Å². The molecule has 0 aromatic heterocycles. The van der Waals surface area contributed by atoms with Crippen molar-refractivity contribution in [3.8, 4) is 0 Å². The SMILES string of the molecule is CCCCCCCCC(CCCCCC)C(=O)OCCN(CCOC(=O)C(CCCCCC)CCCCCCCC)C(=O)C(C)N(C)CCl. The van der Waals surface area contributed by atoms with Crippen LogP contribution in [0, 0.1) is 11.8 Å². The van der Waals surface area contributed by atoms with E-state index < -0.39 is 6.04 Å². The molecule has 0 saturated heterocycles. The summed E-state index contributed by atoms with van der Waals surface area (Å²) in [4.78, 5) is 43.5. The van der Waals surface area contributed by atoms with E-state index in [9.17, 15) is 14.4 Å². The highest BCUT2D eigenvalue weighted by molar-refractivity contribution is 6.17. The fourth-order valence-corrected chi connectivity index (χ4v) is 6.58. The van der Waals surface area contributed by atoms with Crippen LogP contribution in [-0.2, 0) is 23.9 Å². The predicted octanol–water partition coefficient (Wildman–Crippen LogP) is 11.1. The molecule has 0 aliphatic carbocycles. The smallest absolute Gasteiger partial charge is 0.308 e. The Kier molecular flexibility index (Phi) is 32.9. The van der Waals surface area contributed by atoms with Crippen LogP contribution < -0.4 is 0 Å². The highest BCUT2D eigenvalue weighted by Crippen LogP contribution is 2.22. The van der Waals surface area contributed by atoms with Crippen molar-refractivity contribution in [3.63, 3.8) is 0 Å². The maximum absolute atomic E-state index is 13.5. The largest absolute Gasteiger partial charge is 0.464 e. The van der Waals surface area contributed by atoms with Crippen molar-refractivity contribution >= 4 is 29.4 Å². The van der Waals surface area contributed by atoms with Gasteiger partial charge in [-0.2, -0.15) is 0 Å². The Bertz CT molecular complexity index is 748. The minimum Gasteiger partial charge on any atom is -0.464 e. The number of carbonyl (C=O) groups excluding carboxylic acids is 3. The molecule has 290 valence electrons. The number of esters is 2. The molecular weight excluding hydrogens is 636 g/mol. The van der Waals surface area contributed by atoms with Gasteiger partial charge >= 0.3 is 11.9 Å². The Morgan fingerprint density at radius 2 is 0.837 bits per heavy atom. The lowest BCUT2D eigenvalue weighted by molar-refractivity contribution is -0.153. The number of halogens is 1. The first kappa shape index (κ1) is 47.7. The highest BCUT2D eigenvalue weighted by Gasteiger charge is 2.26. The number of carbonyl (C=O) groups is 3. The molecule has 3 unspecified atom stereocenters. The second kappa shape index (κ2) is 33.8. The Morgan fingerprint density at radius 1 is 0.531 bits per heavy atom. The molecular formula is C41H79ClN2O5. The van der Waals surface area contributed by atoms with Crippen LogP contribution in [0.4, 0.5) is 0 Å². The van der Waals surface area contributed by atoms with Gasteiger partial charge in [0.2, 0.25) is 5.91 Å². The summed E-state index contributed by atoms with van der Waals surface area (Å²) in [7, 11) is 1.81. The molecule has 0 rings (SSSR count). The zero-order chi connectivity index (χ0) is 36.5. The van der Waals surface area contributed by atoms with Crippen molar-refractivity contribution in [1.82, 2.24) is 9.80 Å². The second-order valence-corrected chi connectivity index (χ2v) is 14.7. The molecule has 0 bridgehead atoms. The first-order valence-electron chi connectivity index (χ1n) is 20.6. The Morgan fingerprint density at radius 3 is 1.16 bits per heavy atom. The van der Waals surface area contributed by atoms with Crippen LogP contribution >= 0.6 is 11.6 Å². The van der Waals surface area contributed by atoms with E-state index in [0.717, 1.165) is 77.0 Å². The number of hydrogen-bond donors (Lipinski definition) is 0. The quantitative estimate of drug-likeness (QED) is 0.0281. The van der Waals surface area contributed by atoms with Gasteiger partial charge in [-0.25, -0.2) is 0 Å². The second-order valence-electron chi connectivity index (χ2n) is 14.4. The van der Waals surface area contributed by atoms with Gasteiger partial charge in [0.1, 0.15) is 13.2 Å². The van der Waals surface area contributed by atoms with Crippen molar-refractivity contribution < 1.29 is 23.9 Å². The van der Waals surface area contributed by atoms with E-state index in [2.05, 4.69) is 27.7 Å². The van der Waals surface area contributed by atoms with Crippen LogP contribution in [0.3, 0.4) is 0 Å². The van der Waals surface area contributed by atoms with Gasteiger partial charge in [-0.15, -0.1) is 11.6 Å². The number of amides is 1. The van der Waals surface area contributed by atoms with Crippen LogP contribution in [0.5, 0.6) is 0 Å². The van der Waals surface area contributed by atoms with E-state index in [1.165, 1.54) is 77.0 Å². The fraction of sp³-hybridized carbons (Fsp3) is 0.927. The normalized spacial score (nSPS) is 13.3. The molecule has 8 heteroatoms. The van der Waals surface area contributed by atoms with E-state index >= 15 is 0 Å². The molecule has 0 aliphatic heterocycles.